The second-order valence-corrected chi connectivity index (χ2v) is 6.46. The number of aromatic amines is 1. The maximum Gasteiger partial charge on any atom is 0.253 e. The van der Waals surface area contributed by atoms with Gasteiger partial charge >= 0.3 is 0 Å². The second kappa shape index (κ2) is 6.76. The number of nitrogens with one attached hydrogen (secondary N) is 2. The average Bonchev–Trinajstić information content (AvgIpc) is 3.25. The van der Waals surface area contributed by atoms with Gasteiger partial charge in [0.15, 0.2) is 5.65 Å². The van der Waals surface area contributed by atoms with Gasteiger partial charge in [0.25, 0.3) is 5.91 Å². The third kappa shape index (κ3) is 3.13. The monoisotopic (exact) mass is 369 g/mol. The highest BCUT2D eigenvalue weighted by Gasteiger charge is 2.23. The summed E-state index contributed by atoms with van der Waals surface area (Å²) in [4.78, 5) is 37.7. The van der Waals surface area contributed by atoms with E-state index in [1.165, 1.54) is 0 Å². The fourth-order valence-electron chi connectivity index (χ4n) is 3.01. The van der Waals surface area contributed by atoms with Gasteiger partial charge in [-0.3, -0.25) is 9.59 Å². The van der Waals surface area contributed by atoms with Gasteiger partial charge in [-0.2, -0.15) is 0 Å². The first-order valence-corrected chi connectivity index (χ1v) is 8.67. The van der Waals surface area contributed by atoms with Crippen LogP contribution in [0.4, 0.5) is 5.69 Å². The summed E-state index contributed by atoms with van der Waals surface area (Å²) in [6.07, 6.45) is 3.02. The molecule has 0 spiro atoms. The van der Waals surface area contributed by atoms with Crippen LogP contribution in [0.3, 0.4) is 0 Å². The molecule has 4 rings (SSSR count). The molecule has 1 aliphatic heterocycles. The summed E-state index contributed by atoms with van der Waals surface area (Å²) in [7, 11) is 0. The van der Waals surface area contributed by atoms with Gasteiger partial charge in [0.05, 0.1) is 22.6 Å². The summed E-state index contributed by atoms with van der Waals surface area (Å²) in [5.74, 6) is 0.347. The van der Waals surface area contributed by atoms with Crippen molar-refractivity contribution < 1.29 is 9.59 Å². The molecule has 0 saturated carbocycles. The minimum absolute atomic E-state index is 0.0634. The average molecular weight is 370 g/mol. The van der Waals surface area contributed by atoms with Crippen molar-refractivity contribution in [2.24, 2.45) is 0 Å². The maximum absolute atomic E-state index is 12.5. The lowest BCUT2D eigenvalue weighted by Crippen LogP contribution is -2.26. The highest BCUT2D eigenvalue weighted by molar-refractivity contribution is 6.34. The van der Waals surface area contributed by atoms with Crippen LogP contribution in [-0.4, -0.2) is 33.3 Å². The third-order valence-electron chi connectivity index (χ3n) is 4.30. The van der Waals surface area contributed by atoms with Crippen LogP contribution in [0, 0.1) is 0 Å². The predicted octanol–water partition coefficient (Wildman–Crippen LogP) is 2.67. The smallest absolute Gasteiger partial charge is 0.253 e. The fourth-order valence-corrected chi connectivity index (χ4v) is 3.22. The van der Waals surface area contributed by atoms with Gasteiger partial charge in [0.2, 0.25) is 5.91 Å². The van der Waals surface area contributed by atoms with E-state index in [1.807, 2.05) is 12.1 Å². The van der Waals surface area contributed by atoms with E-state index in [0.717, 1.165) is 11.9 Å². The lowest BCUT2D eigenvalue weighted by Gasteiger charge is -2.17. The maximum atomic E-state index is 12.5. The first kappa shape index (κ1) is 16.5. The number of hydrogen-bond acceptors (Lipinski definition) is 4. The molecule has 0 unspecified atom stereocenters. The van der Waals surface area contributed by atoms with Crippen molar-refractivity contribution in [3.05, 3.63) is 52.9 Å². The van der Waals surface area contributed by atoms with Crippen molar-refractivity contribution in [1.29, 1.82) is 0 Å². The lowest BCUT2D eigenvalue weighted by molar-refractivity contribution is -0.117. The lowest BCUT2D eigenvalue weighted by atomic mass is 10.1. The van der Waals surface area contributed by atoms with E-state index in [9.17, 15) is 9.59 Å². The number of carbonyl (C=O) groups is 2. The molecule has 1 aliphatic rings. The number of anilines is 1. The Balaban J connectivity index is 1.51. The Labute approximate surface area is 154 Å². The number of hydrogen-bond donors (Lipinski definition) is 2. The molecule has 132 valence electrons. The number of H-pyrrole nitrogens is 1. The topological polar surface area (TPSA) is 91.0 Å². The van der Waals surface area contributed by atoms with Crippen molar-refractivity contribution in [3.63, 3.8) is 0 Å². The highest BCUT2D eigenvalue weighted by Crippen LogP contribution is 2.26. The summed E-state index contributed by atoms with van der Waals surface area (Å²) < 4.78 is 0. The number of fused-ring (bicyclic) bond motifs is 1. The minimum Gasteiger partial charge on any atom is -0.345 e. The number of nitrogens with zero attached hydrogens (tertiary/aromatic N) is 3. The van der Waals surface area contributed by atoms with Crippen LogP contribution < -0.4 is 10.2 Å². The Morgan fingerprint density at radius 3 is 3.00 bits per heavy atom. The molecule has 1 aromatic carbocycles. The number of amides is 2. The molecule has 1 saturated heterocycles. The quantitative estimate of drug-likeness (QED) is 0.739. The molecule has 3 heterocycles. The Morgan fingerprint density at radius 2 is 2.23 bits per heavy atom. The number of benzene rings is 1. The molecule has 2 N–H and O–H groups in total. The van der Waals surface area contributed by atoms with Crippen molar-refractivity contribution in [1.82, 2.24) is 20.3 Å². The van der Waals surface area contributed by atoms with Gasteiger partial charge in [0, 0.05) is 24.8 Å². The zero-order valence-electron chi connectivity index (χ0n) is 13.8. The summed E-state index contributed by atoms with van der Waals surface area (Å²) in [5.41, 5.74) is 2.43. The minimum atomic E-state index is -0.322. The molecule has 2 amide bonds. The Kier molecular flexibility index (Phi) is 4.30. The van der Waals surface area contributed by atoms with Crippen molar-refractivity contribution >= 4 is 40.3 Å². The number of carbonyl (C=O) groups excluding carboxylic acids is 2. The predicted molar refractivity (Wildman–Crippen MR) is 98.1 cm³/mol. The van der Waals surface area contributed by atoms with Crippen LogP contribution in [0.1, 0.15) is 29.0 Å². The number of pyridine rings is 1. The summed E-state index contributed by atoms with van der Waals surface area (Å²) in [6, 6.07) is 8.73. The van der Waals surface area contributed by atoms with Crippen molar-refractivity contribution in [3.8, 4) is 0 Å². The summed E-state index contributed by atoms with van der Waals surface area (Å²) in [5, 5.41) is 3.13. The van der Waals surface area contributed by atoms with Crippen LogP contribution in [0.25, 0.3) is 11.2 Å². The van der Waals surface area contributed by atoms with Gasteiger partial charge in [-0.1, -0.05) is 11.6 Å². The molecule has 0 aliphatic carbocycles. The molecular formula is C18H16ClN5O2. The molecule has 0 bridgehead atoms. The van der Waals surface area contributed by atoms with Crippen LogP contribution >= 0.6 is 11.6 Å². The first-order chi connectivity index (χ1) is 12.6. The van der Waals surface area contributed by atoms with Crippen LogP contribution in [0.15, 0.2) is 36.5 Å². The van der Waals surface area contributed by atoms with Crippen LogP contribution in [0.2, 0.25) is 5.02 Å². The van der Waals surface area contributed by atoms with E-state index in [-0.39, 0.29) is 18.4 Å². The molecule has 0 radical (unpaired) electrons. The standard InChI is InChI=1S/C18H16ClN5O2/c19-13-6-5-11(24-8-2-4-16(24)25)9-12(13)18(26)21-10-15-22-14-3-1-7-20-17(14)23-15/h1,3,5-7,9H,2,4,8,10H2,(H,21,26)(H,20,22,23). The van der Waals surface area contributed by atoms with Gasteiger partial charge in [0.1, 0.15) is 5.82 Å². The molecule has 8 heteroatoms. The van der Waals surface area contributed by atoms with E-state index in [0.29, 0.717) is 40.7 Å². The molecular weight excluding hydrogens is 354 g/mol. The number of halogens is 1. The van der Waals surface area contributed by atoms with Gasteiger partial charge in [-0.25, -0.2) is 9.97 Å². The first-order valence-electron chi connectivity index (χ1n) is 8.29. The molecule has 3 aromatic rings. The highest BCUT2D eigenvalue weighted by atomic mass is 35.5. The Hall–Kier alpha value is -2.93. The number of imidazole rings is 1. The second-order valence-electron chi connectivity index (χ2n) is 6.05. The number of rotatable bonds is 4. The van der Waals surface area contributed by atoms with Gasteiger partial charge in [-0.05, 0) is 36.8 Å². The van der Waals surface area contributed by atoms with E-state index >= 15 is 0 Å². The van der Waals surface area contributed by atoms with Gasteiger partial charge in [-0.15, -0.1) is 0 Å². The fraction of sp³-hybridized carbons (Fsp3) is 0.222. The molecule has 7 nitrogen and oxygen atoms in total. The SMILES string of the molecule is O=C(NCc1nc2ncccc2[nH]1)c1cc(N2CCCC2=O)ccc1Cl. The Bertz CT molecular complexity index is 967. The van der Waals surface area contributed by atoms with E-state index in [2.05, 4.69) is 20.3 Å². The largest absolute Gasteiger partial charge is 0.345 e. The van der Waals surface area contributed by atoms with Crippen LogP contribution in [-0.2, 0) is 11.3 Å². The van der Waals surface area contributed by atoms with Gasteiger partial charge < -0.3 is 15.2 Å². The zero-order valence-corrected chi connectivity index (χ0v) is 14.6. The molecule has 0 atom stereocenters. The molecule has 26 heavy (non-hydrogen) atoms. The zero-order chi connectivity index (χ0) is 18.1. The van der Waals surface area contributed by atoms with E-state index in [4.69, 9.17) is 11.6 Å². The summed E-state index contributed by atoms with van der Waals surface area (Å²) in [6.45, 7) is 0.881. The molecule has 2 aromatic heterocycles. The summed E-state index contributed by atoms with van der Waals surface area (Å²) >= 11 is 6.18. The van der Waals surface area contributed by atoms with Crippen molar-refractivity contribution in [2.75, 3.05) is 11.4 Å². The van der Waals surface area contributed by atoms with Crippen LogP contribution in [0.5, 0.6) is 0 Å². The van der Waals surface area contributed by atoms with E-state index in [1.54, 1.807) is 29.3 Å². The molecule has 1 fully saturated rings. The number of aromatic nitrogens is 3. The third-order valence-corrected chi connectivity index (χ3v) is 4.63. The van der Waals surface area contributed by atoms with E-state index < -0.39 is 0 Å². The normalized spacial score (nSPS) is 14.2. The van der Waals surface area contributed by atoms with Crippen molar-refractivity contribution in [2.45, 2.75) is 19.4 Å². The Morgan fingerprint density at radius 1 is 1.35 bits per heavy atom.